The van der Waals surface area contributed by atoms with Crippen molar-refractivity contribution >= 4 is 11.7 Å². The summed E-state index contributed by atoms with van der Waals surface area (Å²) in [7, 11) is 1.88. The van der Waals surface area contributed by atoms with Crippen LogP contribution in [0.4, 0.5) is 5.88 Å². The largest absolute Gasteiger partial charge is 0.467 e. The van der Waals surface area contributed by atoms with Crippen molar-refractivity contribution in [1.29, 1.82) is 0 Å². The minimum Gasteiger partial charge on any atom is -0.467 e. The molecule has 0 amide bonds. The standard InChI is InChI=1S/C12H13NO3/c1-9(14)11-5-6-12(16-11)13(2)8-10-4-3-7-15-10/h3-7H,8H2,1-2H3. The molecule has 16 heavy (non-hydrogen) atoms. The first-order valence-electron chi connectivity index (χ1n) is 5.01. The maximum atomic E-state index is 11.1. The first-order valence-corrected chi connectivity index (χ1v) is 5.01. The molecule has 2 aromatic heterocycles. The van der Waals surface area contributed by atoms with E-state index in [1.165, 1.54) is 6.92 Å². The maximum Gasteiger partial charge on any atom is 0.196 e. The Morgan fingerprint density at radius 1 is 1.38 bits per heavy atom. The number of ketones is 1. The maximum absolute atomic E-state index is 11.1. The molecule has 0 saturated carbocycles. The van der Waals surface area contributed by atoms with Gasteiger partial charge >= 0.3 is 0 Å². The van der Waals surface area contributed by atoms with Crippen LogP contribution < -0.4 is 4.90 Å². The minimum atomic E-state index is -0.0716. The average molecular weight is 219 g/mol. The molecule has 2 heterocycles. The lowest BCUT2D eigenvalue weighted by Gasteiger charge is -2.13. The number of nitrogens with zero attached hydrogens (tertiary/aromatic N) is 1. The highest BCUT2D eigenvalue weighted by molar-refractivity contribution is 5.91. The van der Waals surface area contributed by atoms with Crippen molar-refractivity contribution in [1.82, 2.24) is 0 Å². The fraction of sp³-hybridized carbons (Fsp3) is 0.250. The van der Waals surface area contributed by atoms with Gasteiger partial charge in [-0.15, -0.1) is 0 Å². The van der Waals surface area contributed by atoms with Crippen LogP contribution in [-0.4, -0.2) is 12.8 Å². The van der Waals surface area contributed by atoms with E-state index in [0.717, 1.165) is 5.76 Å². The van der Waals surface area contributed by atoms with Gasteiger partial charge in [0, 0.05) is 20.0 Å². The van der Waals surface area contributed by atoms with Crippen LogP contribution in [0.3, 0.4) is 0 Å². The number of carbonyl (C=O) groups excluding carboxylic acids is 1. The summed E-state index contributed by atoms with van der Waals surface area (Å²) in [4.78, 5) is 12.9. The van der Waals surface area contributed by atoms with Crippen LogP contribution in [0.2, 0.25) is 0 Å². The smallest absolute Gasteiger partial charge is 0.196 e. The lowest BCUT2D eigenvalue weighted by molar-refractivity contribution is 0.0988. The number of Topliss-reactive ketones (excluding diaryl/α,β-unsaturated/α-hetero) is 1. The Hall–Kier alpha value is -1.97. The molecule has 4 heteroatoms. The van der Waals surface area contributed by atoms with Gasteiger partial charge in [0.15, 0.2) is 17.4 Å². The second-order valence-electron chi connectivity index (χ2n) is 3.63. The van der Waals surface area contributed by atoms with Crippen molar-refractivity contribution in [3.8, 4) is 0 Å². The van der Waals surface area contributed by atoms with E-state index >= 15 is 0 Å². The number of hydrogen-bond acceptors (Lipinski definition) is 4. The summed E-state index contributed by atoms with van der Waals surface area (Å²) in [6.45, 7) is 2.09. The lowest BCUT2D eigenvalue weighted by atomic mass is 10.3. The van der Waals surface area contributed by atoms with Crippen molar-refractivity contribution in [2.24, 2.45) is 0 Å². The number of anilines is 1. The van der Waals surface area contributed by atoms with Gasteiger partial charge in [-0.3, -0.25) is 4.79 Å². The topological polar surface area (TPSA) is 46.6 Å². The summed E-state index contributed by atoms with van der Waals surface area (Å²) in [5, 5.41) is 0. The molecule has 0 radical (unpaired) electrons. The highest BCUT2D eigenvalue weighted by Gasteiger charge is 2.10. The first-order chi connectivity index (χ1) is 7.66. The summed E-state index contributed by atoms with van der Waals surface area (Å²) in [5.41, 5.74) is 0. The zero-order valence-corrected chi connectivity index (χ0v) is 9.27. The summed E-state index contributed by atoms with van der Waals surface area (Å²) in [6.07, 6.45) is 1.63. The third-order valence-corrected chi connectivity index (χ3v) is 2.29. The van der Waals surface area contributed by atoms with E-state index in [1.807, 2.05) is 24.1 Å². The SMILES string of the molecule is CC(=O)c1ccc(N(C)Cc2ccco2)o1. The van der Waals surface area contributed by atoms with Crippen LogP contribution in [0.15, 0.2) is 39.4 Å². The van der Waals surface area contributed by atoms with E-state index in [1.54, 1.807) is 18.4 Å². The van der Waals surface area contributed by atoms with Gasteiger partial charge in [-0.05, 0) is 18.2 Å². The summed E-state index contributed by atoms with van der Waals surface area (Å²) in [6, 6.07) is 7.19. The quantitative estimate of drug-likeness (QED) is 0.742. The van der Waals surface area contributed by atoms with Crippen molar-refractivity contribution in [2.75, 3.05) is 11.9 Å². The van der Waals surface area contributed by atoms with Crippen LogP contribution in [0.5, 0.6) is 0 Å². The Bertz CT molecular complexity index is 470. The van der Waals surface area contributed by atoms with Crippen molar-refractivity contribution < 1.29 is 13.6 Å². The molecule has 0 spiro atoms. The van der Waals surface area contributed by atoms with Crippen LogP contribution in [0, 0.1) is 0 Å². The Morgan fingerprint density at radius 2 is 2.19 bits per heavy atom. The molecule has 84 valence electrons. The van der Waals surface area contributed by atoms with E-state index in [2.05, 4.69) is 0 Å². The third-order valence-electron chi connectivity index (χ3n) is 2.29. The molecule has 0 aliphatic carbocycles. The molecule has 0 bridgehead atoms. The van der Waals surface area contributed by atoms with Crippen LogP contribution in [0.25, 0.3) is 0 Å². The monoisotopic (exact) mass is 219 g/mol. The molecule has 0 aliphatic rings. The van der Waals surface area contributed by atoms with Crippen LogP contribution in [-0.2, 0) is 6.54 Å². The number of carbonyl (C=O) groups is 1. The summed E-state index contributed by atoms with van der Waals surface area (Å²) in [5.74, 6) is 1.81. The molecular formula is C12H13NO3. The minimum absolute atomic E-state index is 0.0716. The van der Waals surface area contributed by atoms with E-state index in [-0.39, 0.29) is 5.78 Å². The molecular weight excluding hydrogens is 206 g/mol. The molecule has 0 N–H and O–H groups in total. The molecule has 0 fully saturated rings. The van der Waals surface area contributed by atoms with Crippen molar-refractivity contribution in [3.05, 3.63) is 42.0 Å². The molecule has 0 atom stereocenters. The first kappa shape index (κ1) is 10.5. The van der Waals surface area contributed by atoms with Gasteiger partial charge in [0.2, 0.25) is 0 Å². The lowest BCUT2D eigenvalue weighted by Crippen LogP contribution is -2.14. The third kappa shape index (κ3) is 2.16. The van der Waals surface area contributed by atoms with E-state index < -0.39 is 0 Å². The van der Waals surface area contributed by atoms with Crippen LogP contribution in [0.1, 0.15) is 23.2 Å². The molecule has 4 nitrogen and oxygen atoms in total. The number of furan rings is 2. The predicted octanol–water partition coefficient (Wildman–Crippen LogP) is 2.71. The molecule has 0 saturated heterocycles. The Balaban J connectivity index is 2.08. The Morgan fingerprint density at radius 3 is 2.75 bits per heavy atom. The van der Waals surface area contributed by atoms with Gasteiger partial charge < -0.3 is 13.7 Å². The zero-order valence-electron chi connectivity index (χ0n) is 9.27. The Kier molecular flexibility index (Phi) is 2.81. The number of rotatable bonds is 4. The van der Waals surface area contributed by atoms with Gasteiger partial charge in [-0.2, -0.15) is 0 Å². The van der Waals surface area contributed by atoms with Gasteiger partial charge in [-0.25, -0.2) is 0 Å². The van der Waals surface area contributed by atoms with Crippen molar-refractivity contribution in [2.45, 2.75) is 13.5 Å². The Labute approximate surface area is 93.5 Å². The van der Waals surface area contributed by atoms with Gasteiger partial charge in [0.05, 0.1) is 12.8 Å². The normalized spacial score (nSPS) is 10.4. The second kappa shape index (κ2) is 4.26. The summed E-state index contributed by atoms with van der Waals surface area (Å²) < 4.78 is 10.6. The number of hydrogen-bond donors (Lipinski definition) is 0. The molecule has 0 aliphatic heterocycles. The van der Waals surface area contributed by atoms with Gasteiger partial charge in [-0.1, -0.05) is 0 Å². The highest BCUT2D eigenvalue weighted by Crippen LogP contribution is 2.19. The fourth-order valence-electron chi connectivity index (χ4n) is 1.44. The summed E-state index contributed by atoms with van der Waals surface area (Å²) >= 11 is 0. The van der Waals surface area contributed by atoms with E-state index in [9.17, 15) is 4.79 Å². The highest BCUT2D eigenvalue weighted by atomic mass is 16.4. The van der Waals surface area contributed by atoms with E-state index in [4.69, 9.17) is 8.83 Å². The predicted molar refractivity (Wildman–Crippen MR) is 59.5 cm³/mol. The fourth-order valence-corrected chi connectivity index (χ4v) is 1.44. The zero-order chi connectivity index (χ0) is 11.5. The van der Waals surface area contributed by atoms with Crippen molar-refractivity contribution in [3.63, 3.8) is 0 Å². The molecule has 2 aromatic rings. The van der Waals surface area contributed by atoms with E-state index in [0.29, 0.717) is 18.2 Å². The van der Waals surface area contributed by atoms with Gasteiger partial charge in [0.1, 0.15) is 5.76 Å². The average Bonchev–Trinajstić information content (AvgIpc) is 2.86. The molecule has 0 unspecified atom stereocenters. The van der Waals surface area contributed by atoms with Crippen LogP contribution >= 0.6 is 0 Å². The van der Waals surface area contributed by atoms with Gasteiger partial charge in [0.25, 0.3) is 0 Å². The second-order valence-corrected chi connectivity index (χ2v) is 3.63. The molecule has 2 rings (SSSR count). The molecule has 0 aromatic carbocycles.